The highest BCUT2D eigenvalue weighted by atomic mass is 16.5. The molecule has 0 aliphatic carbocycles. The van der Waals surface area contributed by atoms with Gasteiger partial charge in [0, 0.05) is 0 Å². The van der Waals surface area contributed by atoms with Gasteiger partial charge in [-0.2, -0.15) is 0 Å². The fourth-order valence-corrected chi connectivity index (χ4v) is 0.896. The summed E-state index contributed by atoms with van der Waals surface area (Å²) in [5, 5.41) is 8.66. The number of carbonyl (C=O) groups excluding carboxylic acids is 1. The Morgan fingerprint density at radius 1 is 1.57 bits per heavy atom. The summed E-state index contributed by atoms with van der Waals surface area (Å²) < 4.78 is 9.46. The molecule has 0 spiro atoms. The van der Waals surface area contributed by atoms with Crippen LogP contribution in [0, 0.1) is 0 Å². The molecular formula is C9H10O5. The molecule has 0 unspecified atom stereocenters. The van der Waals surface area contributed by atoms with Crippen LogP contribution in [-0.2, 0) is 4.74 Å². The Labute approximate surface area is 80.3 Å². The van der Waals surface area contributed by atoms with Crippen molar-refractivity contribution in [2.24, 2.45) is 0 Å². The Hall–Kier alpha value is -1.78. The molecule has 0 atom stereocenters. The first-order valence-electron chi connectivity index (χ1n) is 4.14. The Balaban J connectivity index is 2.79. The van der Waals surface area contributed by atoms with Crippen molar-refractivity contribution in [3.05, 3.63) is 23.7 Å². The van der Waals surface area contributed by atoms with E-state index in [1.165, 1.54) is 6.07 Å². The number of furan rings is 1. The van der Waals surface area contributed by atoms with Gasteiger partial charge in [0.05, 0.1) is 12.9 Å². The highest BCUT2D eigenvalue weighted by Gasteiger charge is 2.21. The summed E-state index contributed by atoms with van der Waals surface area (Å²) in [5.41, 5.74) is -0.175. The van der Waals surface area contributed by atoms with Crippen LogP contribution in [0.4, 0.5) is 0 Å². The topological polar surface area (TPSA) is 76.7 Å². The highest BCUT2D eigenvalue weighted by Crippen LogP contribution is 2.11. The predicted octanol–water partition coefficient (Wildman–Crippen LogP) is 1.54. The van der Waals surface area contributed by atoms with Crippen molar-refractivity contribution in [3.63, 3.8) is 0 Å². The van der Waals surface area contributed by atoms with E-state index < -0.39 is 11.9 Å². The lowest BCUT2D eigenvalue weighted by Gasteiger charge is -2.00. The van der Waals surface area contributed by atoms with Gasteiger partial charge in [-0.05, 0) is 12.5 Å². The van der Waals surface area contributed by atoms with Crippen molar-refractivity contribution in [2.45, 2.75) is 13.3 Å². The number of carboxylic acids is 1. The number of esters is 1. The molecule has 14 heavy (non-hydrogen) atoms. The van der Waals surface area contributed by atoms with Gasteiger partial charge in [0.25, 0.3) is 0 Å². The third-order valence-corrected chi connectivity index (χ3v) is 1.52. The molecule has 1 N–H and O–H groups in total. The Morgan fingerprint density at radius 2 is 2.29 bits per heavy atom. The van der Waals surface area contributed by atoms with Gasteiger partial charge in [0.1, 0.15) is 5.56 Å². The molecule has 0 bridgehead atoms. The lowest BCUT2D eigenvalue weighted by Crippen LogP contribution is -2.09. The van der Waals surface area contributed by atoms with E-state index in [2.05, 4.69) is 0 Å². The number of ether oxygens (including phenoxy) is 1. The van der Waals surface area contributed by atoms with Crippen molar-refractivity contribution in [3.8, 4) is 0 Å². The third-order valence-electron chi connectivity index (χ3n) is 1.52. The lowest BCUT2D eigenvalue weighted by molar-refractivity contribution is 0.0457. The van der Waals surface area contributed by atoms with E-state index in [-0.39, 0.29) is 17.9 Å². The van der Waals surface area contributed by atoms with Crippen LogP contribution in [0.5, 0.6) is 0 Å². The minimum Gasteiger partial charge on any atom is -0.478 e. The summed E-state index contributed by atoms with van der Waals surface area (Å²) in [5.74, 6) is -2.21. The normalized spacial score (nSPS) is 9.79. The molecule has 0 aliphatic heterocycles. The van der Waals surface area contributed by atoms with E-state index in [4.69, 9.17) is 14.3 Å². The smallest absolute Gasteiger partial charge is 0.375 e. The van der Waals surface area contributed by atoms with Gasteiger partial charge in [-0.25, -0.2) is 9.59 Å². The van der Waals surface area contributed by atoms with Gasteiger partial charge in [0.2, 0.25) is 5.76 Å². The molecule has 1 aromatic rings. The van der Waals surface area contributed by atoms with E-state index in [1.807, 2.05) is 6.92 Å². The first-order valence-corrected chi connectivity index (χ1v) is 4.14. The zero-order valence-corrected chi connectivity index (χ0v) is 7.65. The maximum atomic E-state index is 11.2. The number of rotatable bonds is 4. The number of carboxylic acid groups (broad SMARTS) is 1. The molecule has 0 aliphatic rings. The van der Waals surface area contributed by atoms with E-state index in [9.17, 15) is 9.59 Å². The number of hydrogen-bond donors (Lipinski definition) is 1. The molecule has 5 nitrogen and oxygen atoms in total. The van der Waals surface area contributed by atoms with Crippen molar-refractivity contribution >= 4 is 11.9 Å². The highest BCUT2D eigenvalue weighted by molar-refractivity contribution is 6.00. The van der Waals surface area contributed by atoms with Gasteiger partial charge < -0.3 is 14.3 Å². The molecule has 1 rings (SSSR count). The van der Waals surface area contributed by atoms with Crippen molar-refractivity contribution in [1.29, 1.82) is 0 Å². The number of carbonyl (C=O) groups is 2. The van der Waals surface area contributed by atoms with Gasteiger partial charge in [0.15, 0.2) is 0 Å². The molecular weight excluding hydrogens is 188 g/mol. The Morgan fingerprint density at radius 3 is 2.86 bits per heavy atom. The van der Waals surface area contributed by atoms with Gasteiger partial charge in [-0.3, -0.25) is 0 Å². The largest absolute Gasteiger partial charge is 0.478 e. The molecule has 0 aromatic carbocycles. The standard InChI is InChI=1S/C9H10O5/c1-2-4-14-9(12)7-6(8(10)11)3-5-13-7/h3,5H,2,4H2,1H3,(H,10,11). The molecule has 1 aromatic heterocycles. The van der Waals surface area contributed by atoms with Crippen LogP contribution in [0.25, 0.3) is 0 Å². The summed E-state index contributed by atoms with van der Waals surface area (Å²) in [6.07, 6.45) is 1.82. The van der Waals surface area contributed by atoms with Crippen molar-refractivity contribution in [1.82, 2.24) is 0 Å². The van der Waals surface area contributed by atoms with E-state index in [0.717, 1.165) is 6.26 Å². The molecule has 1 heterocycles. The second-order valence-corrected chi connectivity index (χ2v) is 2.60. The second-order valence-electron chi connectivity index (χ2n) is 2.60. The Bertz CT molecular complexity index is 339. The second kappa shape index (κ2) is 4.45. The summed E-state index contributed by atoms with van der Waals surface area (Å²) in [6.45, 7) is 2.09. The summed E-state index contributed by atoms with van der Waals surface area (Å²) in [4.78, 5) is 21.8. The average molecular weight is 198 g/mol. The van der Waals surface area contributed by atoms with Gasteiger partial charge in [-0.15, -0.1) is 0 Å². The van der Waals surface area contributed by atoms with Crippen LogP contribution in [0.1, 0.15) is 34.3 Å². The van der Waals surface area contributed by atoms with Crippen LogP contribution < -0.4 is 0 Å². The first kappa shape index (κ1) is 10.3. The lowest BCUT2D eigenvalue weighted by atomic mass is 10.2. The maximum Gasteiger partial charge on any atom is 0.375 e. The molecule has 76 valence electrons. The van der Waals surface area contributed by atoms with Crippen LogP contribution in [0.2, 0.25) is 0 Å². The maximum absolute atomic E-state index is 11.2. The summed E-state index contributed by atoms with van der Waals surface area (Å²) in [7, 11) is 0. The zero-order valence-electron chi connectivity index (χ0n) is 7.65. The number of aromatic carboxylic acids is 1. The molecule has 0 radical (unpaired) electrons. The molecule has 0 amide bonds. The van der Waals surface area contributed by atoms with Gasteiger partial charge >= 0.3 is 11.9 Å². The predicted molar refractivity (Wildman–Crippen MR) is 46.2 cm³/mol. The molecule has 0 saturated heterocycles. The van der Waals surface area contributed by atoms with Gasteiger partial charge in [-0.1, -0.05) is 6.92 Å². The quantitative estimate of drug-likeness (QED) is 0.742. The van der Waals surface area contributed by atoms with Crippen LogP contribution in [-0.4, -0.2) is 23.7 Å². The monoisotopic (exact) mass is 198 g/mol. The van der Waals surface area contributed by atoms with E-state index >= 15 is 0 Å². The van der Waals surface area contributed by atoms with E-state index in [0.29, 0.717) is 6.42 Å². The van der Waals surface area contributed by atoms with Crippen LogP contribution >= 0.6 is 0 Å². The fourth-order valence-electron chi connectivity index (χ4n) is 0.896. The minimum atomic E-state index is -1.21. The van der Waals surface area contributed by atoms with Crippen LogP contribution in [0.3, 0.4) is 0 Å². The number of hydrogen-bond acceptors (Lipinski definition) is 4. The SMILES string of the molecule is CCCOC(=O)c1occc1C(=O)O. The third kappa shape index (κ3) is 2.12. The molecule has 5 heteroatoms. The Kier molecular flexibility index (Phi) is 3.28. The summed E-state index contributed by atoms with van der Waals surface area (Å²) >= 11 is 0. The van der Waals surface area contributed by atoms with Crippen LogP contribution in [0.15, 0.2) is 16.7 Å². The van der Waals surface area contributed by atoms with E-state index in [1.54, 1.807) is 0 Å². The summed E-state index contributed by atoms with van der Waals surface area (Å²) in [6, 6.07) is 1.21. The first-order chi connectivity index (χ1) is 6.66. The fraction of sp³-hybridized carbons (Fsp3) is 0.333. The van der Waals surface area contributed by atoms with Crippen molar-refractivity contribution < 1.29 is 23.8 Å². The average Bonchev–Trinajstić information content (AvgIpc) is 2.62. The van der Waals surface area contributed by atoms with Crippen molar-refractivity contribution in [2.75, 3.05) is 6.61 Å². The molecule has 0 fully saturated rings. The minimum absolute atomic E-state index is 0.175. The zero-order chi connectivity index (χ0) is 10.6. The molecule has 0 saturated carbocycles.